The molecular formula is C35H47N3O7. The number of likely N-dealkylation sites (tertiary alicyclic amines) is 1. The van der Waals surface area contributed by atoms with Gasteiger partial charge in [0.1, 0.15) is 6.04 Å². The van der Waals surface area contributed by atoms with Gasteiger partial charge in [-0.25, -0.2) is 0 Å². The Labute approximate surface area is 265 Å². The van der Waals surface area contributed by atoms with Crippen LogP contribution in [0, 0.1) is 11.8 Å². The Kier molecular flexibility index (Phi) is 9.63. The summed E-state index contributed by atoms with van der Waals surface area (Å²) in [6, 6.07) is 6.00. The maximum atomic E-state index is 14.0. The highest BCUT2D eigenvalue weighted by Gasteiger charge is 2.45. The molecule has 1 aliphatic heterocycles. The van der Waals surface area contributed by atoms with E-state index < -0.39 is 17.7 Å². The van der Waals surface area contributed by atoms with E-state index in [-0.39, 0.29) is 29.1 Å². The van der Waals surface area contributed by atoms with Gasteiger partial charge in [0.15, 0.2) is 11.5 Å². The number of rotatable bonds is 8. The summed E-state index contributed by atoms with van der Waals surface area (Å²) in [4.78, 5) is 42.0. The smallest absolute Gasteiger partial charge is 0.245 e. The molecule has 1 saturated carbocycles. The molecule has 1 heterocycles. The number of fused-ring (bicyclic) bond motifs is 4. The van der Waals surface area contributed by atoms with Gasteiger partial charge in [0.25, 0.3) is 0 Å². The van der Waals surface area contributed by atoms with E-state index in [2.05, 4.69) is 10.6 Å². The number of nitrogens with zero attached hydrogens (tertiary/aromatic N) is 1. The maximum absolute atomic E-state index is 14.0. The Hall–Kier alpha value is -3.79. The van der Waals surface area contributed by atoms with Gasteiger partial charge < -0.3 is 34.9 Å². The molecular weight excluding hydrogens is 574 g/mol. The van der Waals surface area contributed by atoms with Crippen LogP contribution in [0.15, 0.2) is 29.1 Å². The number of amides is 2. The number of benzene rings is 1. The lowest BCUT2D eigenvalue weighted by molar-refractivity contribution is -0.145. The average Bonchev–Trinajstić information content (AvgIpc) is 3.25. The van der Waals surface area contributed by atoms with Crippen LogP contribution in [0.2, 0.25) is 0 Å². The molecule has 4 atom stereocenters. The van der Waals surface area contributed by atoms with E-state index in [1.807, 2.05) is 30.9 Å². The zero-order valence-electron chi connectivity index (χ0n) is 27.3. The maximum Gasteiger partial charge on any atom is 0.245 e. The fraction of sp³-hybridized carbons (Fsp3) is 0.571. The Morgan fingerprint density at radius 1 is 1.02 bits per heavy atom. The van der Waals surface area contributed by atoms with Crippen LogP contribution in [-0.4, -0.2) is 67.9 Å². The van der Waals surface area contributed by atoms with Crippen LogP contribution < -0.4 is 30.3 Å². The van der Waals surface area contributed by atoms with Crippen LogP contribution in [0.1, 0.15) is 76.5 Å². The van der Waals surface area contributed by atoms with Crippen molar-refractivity contribution in [3.63, 3.8) is 0 Å². The number of anilines is 1. The van der Waals surface area contributed by atoms with E-state index in [0.717, 1.165) is 42.4 Å². The fourth-order valence-electron chi connectivity index (χ4n) is 7.48. The Morgan fingerprint density at radius 3 is 2.44 bits per heavy atom. The first-order valence-corrected chi connectivity index (χ1v) is 16.1. The number of aliphatic hydroxyl groups is 1. The fourth-order valence-corrected chi connectivity index (χ4v) is 7.48. The van der Waals surface area contributed by atoms with E-state index in [0.29, 0.717) is 60.9 Å². The number of hydrogen-bond donors (Lipinski definition) is 3. The number of piperidine rings is 1. The van der Waals surface area contributed by atoms with E-state index in [4.69, 9.17) is 14.2 Å². The number of nitrogens with one attached hydrogen (secondary N) is 2. The summed E-state index contributed by atoms with van der Waals surface area (Å²) < 4.78 is 17.2. The molecule has 45 heavy (non-hydrogen) atoms. The van der Waals surface area contributed by atoms with Crippen molar-refractivity contribution in [2.45, 2.75) is 83.4 Å². The summed E-state index contributed by atoms with van der Waals surface area (Å²) in [5.41, 5.74) is 2.42. The highest BCUT2D eigenvalue weighted by molar-refractivity contribution is 5.86. The molecule has 3 N–H and O–H groups in total. The first kappa shape index (κ1) is 32.6. The summed E-state index contributed by atoms with van der Waals surface area (Å²) in [6.45, 7) is 6.42. The number of aryl methyl sites for hydroxylation is 1. The summed E-state index contributed by atoms with van der Waals surface area (Å²) in [7, 11) is 4.69. The molecule has 10 nitrogen and oxygen atoms in total. The molecule has 1 saturated heterocycles. The molecule has 5 rings (SSSR count). The zero-order valence-corrected chi connectivity index (χ0v) is 27.3. The number of methoxy groups -OCH3 is 3. The lowest BCUT2D eigenvalue weighted by Crippen LogP contribution is -2.57. The highest BCUT2D eigenvalue weighted by Crippen LogP contribution is 2.50. The number of ether oxygens (including phenoxy) is 3. The largest absolute Gasteiger partial charge is 0.493 e. The third-order valence-corrected chi connectivity index (χ3v) is 9.90. The normalized spacial score (nSPS) is 23.1. The van der Waals surface area contributed by atoms with Crippen molar-refractivity contribution in [1.82, 2.24) is 10.2 Å². The molecule has 2 aliphatic carbocycles. The van der Waals surface area contributed by atoms with E-state index in [1.165, 1.54) is 6.92 Å². The monoisotopic (exact) mass is 621 g/mol. The van der Waals surface area contributed by atoms with Crippen LogP contribution in [0.4, 0.5) is 5.69 Å². The van der Waals surface area contributed by atoms with Crippen molar-refractivity contribution in [3.8, 4) is 28.4 Å². The van der Waals surface area contributed by atoms with Gasteiger partial charge in [0, 0.05) is 31.5 Å². The van der Waals surface area contributed by atoms with Gasteiger partial charge in [-0.1, -0.05) is 32.8 Å². The number of carbonyl (C=O) groups excluding carboxylic acids is 2. The lowest BCUT2D eigenvalue weighted by Gasteiger charge is -2.48. The standard InChI is InChI=1S/C35H47N3O7/c1-20(2)31(34(41)38-16-15-35(42)14-8-7-9-23(35)19-38)37-27-13-11-24-25(18-28(27)40)26(36-21(3)39)12-10-22-17-29(43-4)32(44-5)33(45-6)30(22)24/h11,13,17-18,20,23,26,31,42H,7-10,12,14-16,19H2,1-6H3,(H,36,39)(H,37,40)/t23?,26-,31-,35?/m0/s1. The minimum Gasteiger partial charge on any atom is -0.493 e. The summed E-state index contributed by atoms with van der Waals surface area (Å²) >= 11 is 0. The Balaban J connectivity index is 1.56. The van der Waals surface area contributed by atoms with Crippen molar-refractivity contribution in [3.05, 3.63) is 45.6 Å². The van der Waals surface area contributed by atoms with Gasteiger partial charge in [-0.3, -0.25) is 14.4 Å². The second kappa shape index (κ2) is 13.3. The number of hydrogen-bond acceptors (Lipinski definition) is 8. The Bertz CT molecular complexity index is 1510. The molecule has 3 aliphatic rings. The minimum absolute atomic E-state index is 0.0648. The van der Waals surface area contributed by atoms with Crippen LogP contribution >= 0.6 is 0 Å². The van der Waals surface area contributed by atoms with Crippen molar-refractivity contribution in [2.24, 2.45) is 11.8 Å². The lowest BCUT2D eigenvalue weighted by atomic mass is 9.71. The van der Waals surface area contributed by atoms with Gasteiger partial charge in [0.05, 0.1) is 38.7 Å². The van der Waals surface area contributed by atoms with Crippen molar-refractivity contribution < 1.29 is 28.9 Å². The summed E-state index contributed by atoms with van der Waals surface area (Å²) in [5.74, 6) is 1.16. The van der Waals surface area contributed by atoms with Gasteiger partial charge in [0.2, 0.25) is 23.0 Å². The van der Waals surface area contributed by atoms with E-state index in [9.17, 15) is 19.5 Å². The molecule has 2 aromatic rings. The predicted octanol–water partition coefficient (Wildman–Crippen LogP) is 4.45. The molecule has 2 fully saturated rings. The number of carbonyl (C=O) groups is 2. The van der Waals surface area contributed by atoms with Crippen LogP contribution in [0.25, 0.3) is 11.1 Å². The van der Waals surface area contributed by atoms with E-state index in [1.54, 1.807) is 33.5 Å². The molecule has 2 aromatic carbocycles. The van der Waals surface area contributed by atoms with Gasteiger partial charge >= 0.3 is 0 Å². The van der Waals surface area contributed by atoms with Gasteiger partial charge in [-0.15, -0.1) is 0 Å². The Morgan fingerprint density at radius 2 is 1.78 bits per heavy atom. The summed E-state index contributed by atoms with van der Waals surface area (Å²) in [5, 5.41) is 17.5. The molecule has 2 amide bonds. The molecule has 10 heteroatoms. The first-order chi connectivity index (χ1) is 21.5. The second-order valence-electron chi connectivity index (χ2n) is 13.0. The molecule has 2 unspecified atom stereocenters. The highest BCUT2D eigenvalue weighted by atomic mass is 16.5. The van der Waals surface area contributed by atoms with Crippen LogP contribution in [0.5, 0.6) is 17.2 Å². The van der Waals surface area contributed by atoms with E-state index >= 15 is 0 Å². The average molecular weight is 622 g/mol. The first-order valence-electron chi connectivity index (χ1n) is 16.1. The predicted molar refractivity (Wildman–Crippen MR) is 173 cm³/mol. The zero-order chi connectivity index (χ0) is 32.5. The quantitative estimate of drug-likeness (QED) is 0.395. The van der Waals surface area contributed by atoms with Crippen LogP contribution in [0.3, 0.4) is 0 Å². The SMILES string of the molecule is COc1cc2c(c(OC)c1OC)-c1ccc(N[C@H](C(=O)N3CCC4(O)CCCCC4C3)C(C)C)c(=O)cc1[C@@H](NC(C)=O)CC2. The summed E-state index contributed by atoms with van der Waals surface area (Å²) in [6.07, 6.45) is 5.54. The molecule has 0 bridgehead atoms. The minimum atomic E-state index is -0.683. The third kappa shape index (κ3) is 6.34. The van der Waals surface area contributed by atoms with Gasteiger partial charge in [-0.05, 0) is 72.9 Å². The van der Waals surface area contributed by atoms with Crippen LogP contribution in [-0.2, 0) is 16.0 Å². The van der Waals surface area contributed by atoms with Gasteiger partial charge in [-0.2, -0.15) is 0 Å². The second-order valence-corrected chi connectivity index (χ2v) is 13.0. The molecule has 0 radical (unpaired) electrons. The topological polar surface area (TPSA) is 126 Å². The molecule has 0 aromatic heterocycles. The molecule has 0 spiro atoms. The molecule has 244 valence electrons. The third-order valence-electron chi connectivity index (χ3n) is 9.90. The van der Waals surface area contributed by atoms with Crippen molar-refractivity contribution in [1.29, 1.82) is 0 Å². The van der Waals surface area contributed by atoms with Crippen molar-refractivity contribution in [2.75, 3.05) is 39.7 Å². The van der Waals surface area contributed by atoms with Crippen molar-refractivity contribution >= 4 is 17.5 Å².